The molecule has 0 radical (unpaired) electrons. The Bertz CT molecular complexity index is 644. The van der Waals surface area contributed by atoms with Crippen molar-refractivity contribution in [2.75, 3.05) is 17.9 Å². The molecule has 106 valence electrons. The molecule has 0 saturated heterocycles. The molecule has 20 heavy (non-hydrogen) atoms. The molecule has 0 amide bonds. The highest BCUT2D eigenvalue weighted by molar-refractivity contribution is 7.92. The summed E-state index contributed by atoms with van der Waals surface area (Å²) in [5.41, 5.74) is 0.285. The zero-order chi connectivity index (χ0) is 14.4. The highest BCUT2D eigenvalue weighted by Crippen LogP contribution is 2.18. The molecular weight excluding hydrogens is 282 g/mol. The van der Waals surface area contributed by atoms with Crippen molar-refractivity contribution in [2.24, 2.45) is 0 Å². The Hall–Kier alpha value is -2.19. The molecular formula is C12H13N3O4S. The zero-order valence-electron chi connectivity index (χ0n) is 10.4. The topological polar surface area (TPSA) is 101 Å². The van der Waals surface area contributed by atoms with Crippen molar-refractivity contribution in [3.63, 3.8) is 0 Å². The fourth-order valence-electron chi connectivity index (χ4n) is 1.44. The lowest BCUT2D eigenvalue weighted by atomic mass is 10.3. The number of aromatic nitrogens is 2. The summed E-state index contributed by atoms with van der Waals surface area (Å²) in [6, 6.07) is 5.87. The largest absolute Gasteiger partial charge is 0.491 e. The summed E-state index contributed by atoms with van der Waals surface area (Å²) in [4.78, 5) is 7.55. The molecule has 0 unspecified atom stereocenters. The number of ether oxygens (including phenoxy) is 1. The molecule has 2 N–H and O–H groups in total. The van der Waals surface area contributed by atoms with Gasteiger partial charge in [0.2, 0.25) is 0 Å². The molecule has 0 aliphatic rings. The Morgan fingerprint density at radius 2 is 1.80 bits per heavy atom. The van der Waals surface area contributed by atoms with Gasteiger partial charge in [-0.2, -0.15) is 0 Å². The highest BCUT2D eigenvalue weighted by Gasteiger charge is 2.14. The summed E-state index contributed by atoms with van der Waals surface area (Å²) in [5.74, 6) is 0.487. The third-order valence-electron chi connectivity index (χ3n) is 2.31. The van der Waals surface area contributed by atoms with Crippen LogP contribution in [0, 0.1) is 0 Å². The molecule has 1 aromatic carbocycles. The maximum atomic E-state index is 12.1. The molecule has 0 bridgehead atoms. The molecule has 0 aliphatic heterocycles. The molecule has 1 aromatic heterocycles. The first kappa shape index (κ1) is 14.2. The van der Waals surface area contributed by atoms with Gasteiger partial charge in [0.15, 0.2) is 0 Å². The third kappa shape index (κ3) is 3.65. The predicted octanol–water partition coefficient (Wildman–Crippen LogP) is 0.649. The Morgan fingerprint density at radius 3 is 2.40 bits per heavy atom. The second kappa shape index (κ2) is 6.31. The number of aliphatic hydroxyl groups excluding tert-OH is 1. The van der Waals surface area contributed by atoms with Gasteiger partial charge in [-0.25, -0.2) is 18.4 Å². The summed E-state index contributed by atoms with van der Waals surface area (Å²) in [5, 5.41) is 8.63. The minimum absolute atomic E-state index is 0.0951. The van der Waals surface area contributed by atoms with Gasteiger partial charge in [0.1, 0.15) is 18.7 Å². The van der Waals surface area contributed by atoms with E-state index in [2.05, 4.69) is 14.7 Å². The Morgan fingerprint density at radius 1 is 1.15 bits per heavy atom. The van der Waals surface area contributed by atoms with Gasteiger partial charge in [-0.1, -0.05) is 0 Å². The fraction of sp³-hybridized carbons (Fsp3) is 0.167. The standard InChI is InChI=1S/C12H13N3O4S/c16-5-6-19-11-1-3-12(4-2-11)20(17,18)15-10-7-13-9-14-8-10/h1-4,7-9,15-16H,5-6H2. The molecule has 8 heteroatoms. The average Bonchev–Trinajstić information content (AvgIpc) is 2.46. The van der Waals surface area contributed by atoms with Gasteiger partial charge in [-0.15, -0.1) is 0 Å². The number of sulfonamides is 1. The maximum Gasteiger partial charge on any atom is 0.261 e. The Kier molecular flexibility index (Phi) is 4.49. The van der Waals surface area contributed by atoms with Crippen LogP contribution < -0.4 is 9.46 Å². The molecule has 0 aliphatic carbocycles. The van der Waals surface area contributed by atoms with Crippen molar-refractivity contribution >= 4 is 15.7 Å². The van der Waals surface area contributed by atoms with Crippen LogP contribution in [0.25, 0.3) is 0 Å². The first-order chi connectivity index (χ1) is 9.62. The molecule has 7 nitrogen and oxygen atoms in total. The van der Waals surface area contributed by atoms with E-state index in [0.717, 1.165) is 0 Å². The summed E-state index contributed by atoms with van der Waals surface area (Å²) in [6.45, 7) is 0.0569. The van der Waals surface area contributed by atoms with E-state index in [1.54, 1.807) is 0 Å². The van der Waals surface area contributed by atoms with E-state index in [0.29, 0.717) is 5.75 Å². The van der Waals surface area contributed by atoms with E-state index in [1.165, 1.54) is 43.0 Å². The molecule has 0 atom stereocenters. The van der Waals surface area contributed by atoms with Gasteiger partial charge in [-0.3, -0.25) is 4.72 Å². The minimum Gasteiger partial charge on any atom is -0.491 e. The molecule has 0 spiro atoms. The first-order valence-corrected chi connectivity index (χ1v) is 7.22. The van der Waals surface area contributed by atoms with Crippen molar-refractivity contribution in [1.29, 1.82) is 0 Å². The van der Waals surface area contributed by atoms with Crippen LogP contribution in [0.15, 0.2) is 47.9 Å². The van der Waals surface area contributed by atoms with E-state index in [1.807, 2.05) is 0 Å². The smallest absolute Gasteiger partial charge is 0.261 e. The van der Waals surface area contributed by atoms with Gasteiger partial charge in [0.25, 0.3) is 10.0 Å². The normalized spacial score (nSPS) is 11.1. The number of hydrogen-bond donors (Lipinski definition) is 2. The lowest BCUT2D eigenvalue weighted by molar-refractivity contribution is 0.201. The van der Waals surface area contributed by atoms with Crippen LogP contribution >= 0.6 is 0 Å². The Labute approximate surface area is 116 Å². The van der Waals surface area contributed by atoms with Crippen molar-refractivity contribution < 1.29 is 18.3 Å². The first-order valence-electron chi connectivity index (χ1n) is 5.73. The second-order valence-corrected chi connectivity index (χ2v) is 5.46. The molecule has 2 rings (SSSR count). The highest BCUT2D eigenvalue weighted by atomic mass is 32.2. The Balaban J connectivity index is 2.13. The number of hydrogen-bond acceptors (Lipinski definition) is 6. The van der Waals surface area contributed by atoms with Gasteiger partial charge >= 0.3 is 0 Å². The molecule has 1 heterocycles. The number of nitrogens with one attached hydrogen (secondary N) is 1. The molecule has 2 aromatic rings. The monoisotopic (exact) mass is 295 g/mol. The lowest BCUT2D eigenvalue weighted by Gasteiger charge is -2.08. The van der Waals surface area contributed by atoms with E-state index >= 15 is 0 Å². The number of anilines is 1. The van der Waals surface area contributed by atoms with Crippen LogP contribution in [0.1, 0.15) is 0 Å². The summed E-state index contributed by atoms with van der Waals surface area (Å²) >= 11 is 0. The van der Waals surface area contributed by atoms with E-state index in [-0.39, 0.29) is 23.8 Å². The van der Waals surface area contributed by atoms with Crippen LogP contribution in [-0.2, 0) is 10.0 Å². The molecule has 0 saturated carbocycles. The fourth-order valence-corrected chi connectivity index (χ4v) is 2.47. The van der Waals surface area contributed by atoms with E-state index < -0.39 is 10.0 Å². The predicted molar refractivity (Wildman–Crippen MR) is 71.9 cm³/mol. The number of nitrogens with zero attached hydrogens (tertiary/aromatic N) is 2. The van der Waals surface area contributed by atoms with Crippen LogP contribution in [0.4, 0.5) is 5.69 Å². The third-order valence-corrected chi connectivity index (χ3v) is 3.70. The van der Waals surface area contributed by atoms with Crippen LogP contribution in [0.5, 0.6) is 5.75 Å². The van der Waals surface area contributed by atoms with Gasteiger partial charge in [0.05, 0.1) is 29.6 Å². The van der Waals surface area contributed by atoms with E-state index in [9.17, 15) is 8.42 Å². The van der Waals surface area contributed by atoms with Crippen LogP contribution in [0.3, 0.4) is 0 Å². The van der Waals surface area contributed by atoms with Gasteiger partial charge < -0.3 is 9.84 Å². The number of benzene rings is 1. The zero-order valence-corrected chi connectivity index (χ0v) is 11.2. The molecule has 0 fully saturated rings. The SMILES string of the molecule is O=S(=O)(Nc1cncnc1)c1ccc(OCCO)cc1. The van der Waals surface area contributed by atoms with Crippen molar-refractivity contribution in [2.45, 2.75) is 4.90 Å². The number of aliphatic hydroxyl groups is 1. The van der Waals surface area contributed by atoms with Crippen LogP contribution in [-0.4, -0.2) is 36.7 Å². The minimum atomic E-state index is -3.69. The van der Waals surface area contributed by atoms with Crippen LogP contribution in [0.2, 0.25) is 0 Å². The van der Waals surface area contributed by atoms with Gasteiger partial charge in [-0.05, 0) is 24.3 Å². The van der Waals surface area contributed by atoms with Crippen molar-refractivity contribution in [3.05, 3.63) is 43.0 Å². The summed E-state index contributed by atoms with van der Waals surface area (Å²) in [7, 11) is -3.69. The quantitative estimate of drug-likeness (QED) is 0.811. The average molecular weight is 295 g/mol. The lowest BCUT2D eigenvalue weighted by Crippen LogP contribution is -2.13. The van der Waals surface area contributed by atoms with Crippen molar-refractivity contribution in [3.8, 4) is 5.75 Å². The van der Waals surface area contributed by atoms with E-state index in [4.69, 9.17) is 9.84 Å². The maximum absolute atomic E-state index is 12.1. The summed E-state index contributed by atoms with van der Waals surface area (Å²) in [6.07, 6.45) is 4.04. The number of rotatable bonds is 6. The second-order valence-electron chi connectivity index (χ2n) is 3.78. The van der Waals surface area contributed by atoms with Gasteiger partial charge in [0, 0.05) is 0 Å². The van der Waals surface area contributed by atoms with Crippen molar-refractivity contribution in [1.82, 2.24) is 9.97 Å². The summed E-state index contributed by atoms with van der Waals surface area (Å²) < 4.78 is 31.7.